The van der Waals surface area contributed by atoms with E-state index in [4.69, 9.17) is 9.47 Å². The zero-order valence-corrected chi connectivity index (χ0v) is 16.5. The number of nitrogens with zero attached hydrogens (tertiary/aromatic N) is 3. The van der Waals surface area contributed by atoms with Crippen molar-refractivity contribution in [1.82, 2.24) is 14.9 Å². The molecule has 7 heteroatoms. The van der Waals surface area contributed by atoms with Gasteiger partial charge in [-0.1, -0.05) is 30.3 Å². The predicted octanol–water partition coefficient (Wildman–Crippen LogP) is 3.64. The second-order valence-corrected chi connectivity index (χ2v) is 7.55. The second-order valence-electron chi connectivity index (χ2n) is 7.55. The van der Waals surface area contributed by atoms with Crippen molar-refractivity contribution in [2.24, 2.45) is 5.92 Å². The number of hydrogen-bond donors (Lipinski definition) is 0. The highest BCUT2D eigenvalue weighted by atomic mass is 16.6. The molecule has 2 fully saturated rings. The first-order valence-electron chi connectivity index (χ1n) is 10.1. The minimum absolute atomic E-state index is 0.0438. The highest BCUT2D eigenvalue weighted by Crippen LogP contribution is 2.40. The third-order valence-electron chi connectivity index (χ3n) is 5.71. The van der Waals surface area contributed by atoms with Gasteiger partial charge in [-0.15, -0.1) is 0 Å². The summed E-state index contributed by atoms with van der Waals surface area (Å²) in [7, 11) is 0. The third kappa shape index (κ3) is 4.23. The van der Waals surface area contributed by atoms with Gasteiger partial charge in [0, 0.05) is 30.4 Å². The van der Waals surface area contributed by atoms with E-state index in [1.165, 1.54) is 12.4 Å². The number of hydrogen-bond acceptors (Lipinski definition) is 6. The lowest BCUT2D eigenvalue weighted by atomic mass is 9.85. The van der Waals surface area contributed by atoms with Gasteiger partial charge in [0.2, 0.25) is 0 Å². The van der Waals surface area contributed by atoms with Crippen LogP contribution in [0.3, 0.4) is 0 Å². The molecule has 2 atom stereocenters. The van der Waals surface area contributed by atoms with Crippen molar-refractivity contribution < 1.29 is 19.1 Å². The lowest BCUT2D eigenvalue weighted by Gasteiger charge is -2.37. The predicted molar refractivity (Wildman–Crippen MR) is 106 cm³/mol. The summed E-state index contributed by atoms with van der Waals surface area (Å²) in [6, 6.07) is 10.0. The molecule has 1 aromatic heterocycles. The Morgan fingerprint density at radius 2 is 1.72 bits per heavy atom. The highest BCUT2D eigenvalue weighted by Gasteiger charge is 2.46. The van der Waals surface area contributed by atoms with Gasteiger partial charge in [0.1, 0.15) is 6.61 Å². The van der Waals surface area contributed by atoms with E-state index in [0.29, 0.717) is 25.0 Å². The summed E-state index contributed by atoms with van der Waals surface area (Å²) in [5.41, 5.74) is 1.46. The number of ketones is 1. The van der Waals surface area contributed by atoms with Gasteiger partial charge < -0.3 is 14.4 Å². The van der Waals surface area contributed by atoms with Gasteiger partial charge in [-0.2, -0.15) is 0 Å². The summed E-state index contributed by atoms with van der Waals surface area (Å²) in [6.07, 6.45) is 5.91. The maximum absolute atomic E-state index is 12.9. The molecule has 1 amide bonds. The molecule has 2 aliphatic rings. The molecule has 4 rings (SSSR count). The third-order valence-corrected chi connectivity index (χ3v) is 5.71. The van der Waals surface area contributed by atoms with Crippen molar-refractivity contribution in [2.45, 2.75) is 51.3 Å². The van der Waals surface area contributed by atoms with Crippen LogP contribution in [0.5, 0.6) is 6.01 Å². The van der Waals surface area contributed by atoms with Crippen molar-refractivity contribution >= 4 is 11.9 Å². The molecule has 2 unspecified atom stereocenters. The van der Waals surface area contributed by atoms with Gasteiger partial charge in [-0.3, -0.25) is 4.79 Å². The Kier molecular flexibility index (Phi) is 5.74. The first kappa shape index (κ1) is 19.4. The van der Waals surface area contributed by atoms with Gasteiger partial charge >= 0.3 is 12.1 Å². The van der Waals surface area contributed by atoms with Gasteiger partial charge in [-0.05, 0) is 38.2 Å². The van der Waals surface area contributed by atoms with Gasteiger partial charge in [0.25, 0.3) is 0 Å². The van der Waals surface area contributed by atoms with E-state index in [1.54, 1.807) is 0 Å². The SMILES string of the molecule is CCOc1ncc(C(=O)C2CC3CCC(C2)N3C(=O)OCc2ccccc2)cn1. The monoisotopic (exact) mass is 395 g/mol. The van der Waals surface area contributed by atoms with Crippen LogP contribution >= 0.6 is 0 Å². The fraction of sp³-hybridized carbons (Fsp3) is 0.455. The number of ether oxygens (including phenoxy) is 2. The van der Waals surface area contributed by atoms with Crippen LogP contribution in [0.4, 0.5) is 4.79 Å². The lowest BCUT2D eigenvalue weighted by molar-refractivity contribution is 0.0484. The highest BCUT2D eigenvalue weighted by molar-refractivity contribution is 5.97. The lowest BCUT2D eigenvalue weighted by Crippen LogP contribution is -2.48. The van der Waals surface area contributed by atoms with E-state index < -0.39 is 0 Å². The molecule has 152 valence electrons. The molecule has 2 aliphatic heterocycles. The zero-order chi connectivity index (χ0) is 20.2. The minimum atomic E-state index is -0.281. The van der Waals surface area contributed by atoms with Gasteiger partial charge in [-0.25, -0.2) is 14.8 Å². The van der Waals surface area contributed by atoms with Crippen molar-refractivity contribution in [3.05, 3.63) is 53.9 Å². The number of benzene rings is 1. The number of Topliss-reactive ketones (excluding diaryl/α,β-unsaturated/α-hetero) is 1. The average Bonchev–Trinajstić information content (AvgIpc) is 3.02. The van der Waals surface area contributed by atoms with Crippen LogP contribution in [0.2, 0.25) is 0 Å². The van der Waals surface area contributed by atoms with Crippen molar-refractivity contribution in [2.75, 3.05) is 6.61 Å². The largest absolute Gasteiger partial charge is 0.464 e. The Labute approximate surface area is 170 Å². The van der Waals surface area contributed by atoms with Crippen LogP contribution in [0.25, 0.3) is 0 Å². The Hall–Kier alpha value is -2.96. The molecule has 0 saturated carbocycles. The summed E-state index contributed by atoms with van der Waals surface area (Å²) in [6.45, 7) is 2.60. The molecule has 7 nitrogen and oxygen atoms in total. The topological polar surface area (TPSA) is 81.6 Å². The average molecular weight is 395 g/mol. The molecule has 0 radical (unpaired) electrons. The van der Waals surface area contributed by atoms with Crippen molar-refractivity contribution in [3.63, 3.8) is 0 Å². The van der Waals surface area contributed by atoms with E-state index in [2.05, 4.69) is 9.97 Å². The number of rotatable bonds is 6. The molecule has 0 spiro atoms. The standard InChI is InChI=1S/C22H25N3O4/c1-2-28-21-23-12-17(13-24-21)20(26)16-10-18-8-9-19(11-16)25(18)22(27)29-14-15-6-4-3-5-7-15/h3-7,12-13,16,18-19H,2,8-11,14H2,1H3. The fourth-order valence-corrected chi connectivity index (χ4v) is 4.37. The number of aromatic nitrogens is 2. The normalized spacial score (nSPS) is 22.9. The Balaban J connectivity index is 1.37. The van der Waals surface area contributed by atoms with E-state index in [1.807, 2.05) is 42.2 Å². The second kappa shape index (κ2) is 8.59. The summed E-state index contributed by atoms with van der Waals surface area (Å²) in [4.78, 5) is 35.6. The first-order valence-corrected chi connectivity index (χ1v) is 10.1. The molecule has 2 bridgehead atoms. The first-order chi connectivity index (χ1) is 14.2. The van der Waals surface area contributed by atoms with Crippen LogP contribution in [-0.2, 0) is 11.3 Å². The molecule has 2 saturated heterocycles. The molecule has 29 heavy (non-hydrogen) atoms. The number of fused-ring (bicyclic) bond motifs is 2. The molecule has 1 aromatic carbocycles. The molecule has 0 N–H and O–H groups in total. The summed E-state index contributed by atoms with van der Waals surface area (Å²) in [5.74, 6) is -0.0746. The summed E-state index contributed by atoms with van der Waals surface area (Å²) < 4.78 is 10.8. The van der Waals surface area contributed by atoms with Gasteiger partial charge in [0.15, 0.2) is 5.78 Å². The minimum Gasteiger partial charge on any atom is -0.464 e. The molecule has 3 heterocycles. The fourth-order valence-electron chi connectivity index (χ4n) is 4.37. The van der Waals surface area contributed by atoms with Gasteiger partial charge in [0.05, 0.1) is 12.2 Å². The van der Waals surface area contributed by atoms with E-state index in [9.17, 15) is 9.59 Å². The molecule has 2 aromatic rings. The van der Waals surface area contributed by atoms with Crippen molar-refractivity contribution in [1.29, 1.82) is 0 Å². The smallest absolute Gasteiger partial charge is 0.410 e. The van der Waals surface area contributed by atoms with Crippen LogP contribution in [0, 0.1) is 5.92 Å². The molecular weight excluding hydrogens is 370 g/mol. The van der Waals surface area contributed by atoms with Crippen LogP contribution in [-0.4, -0.2) is 45.4 Å². The van der Waals surface area contributed by atoms with E-state index >= 15 is 0 Å². The van der Waals surface area contributed by atoms with Crippen LogP contribution in [0.1, 0.15) is 48.5 Å². The number of carbonyl (C=O) groups is 2. The Morgan fingerprint density at radius 3 is 2.34 bits per heavy atom. The summed E-state index contributed by atoms with van der Waals surface area (Å²) >= 11 is 0. The van der Waals surface area contributed by atoms with Crippen molar-refractivity contribution in [3.8, 4) is 6.01 Å². The quantitative estimate of drug-likeness (QED) is 0.695. The zero-order valence-electron chi connectivity index (χ0n) is 16.5. The van der Waals surface area contributed by atoms with E-state index in [-0.39, 0.29) is 42.5 Å². The molecule has 0 aliphatic carbocycles. The Morgan fingerprint density at radius 1 is 1.07 bits per heavy atom. The van der Waals surface area contributed by atoms with Crippen LogP contribution < -0.4 is 4.74 Å². The summed E-state index contributed by atoms with van der Waals surface area (Å²) in [5, 5.41) is 0. The maximum atomic E-state index is 12.9. The van der Waals surface area contributed by atoms with Crippen LogP contribution in [0.15, 0.2) is 42.7 Å². The number of piperidine rings is 1. The number of carbonyl (C=O) groups excluding carboxylic acids is 2. The number of amides is 1. The molecular formula is C22H25N3O4. The maximum Gasteiger partial charge on any atom is 0.410 e. The Bertz CT molecular complexity index is 842. The van der Waals surface area contributed by atoms with E-state index in [0.717, 1.165) is 18.4 Å².